The second kappa shape index (κ2) is 13.8. The third kappa shape index (κ3) is 7.49. The first-order valence-electron chi connectivity index (χ1n) is 15.6. The predicted molar refractivity (Wildman–Crippen MR) is 176 cm³/mol. The van der Waals surface area contributed by atoms with Crippen molar-refractivity contribution in [1.29, 1.82) is 0 Å². The first kappa shape index (κ1) is 30.9. The van der Waals surface area contributed by atoms with Gasteiger partial charge in [-0.25, -0.2) is 0 Å². The zero-order valence-corrected chi connectivity index (χ0v) is 26.0. The Morgan fingerprint density at radius 3 is 1.95 bits per heavy atom. The van der Waals surface area contributed by atoms with Crippen LogP contribution in [0.2, 0.25) is 0 Å². The zero-order chi connectivity index (χ0) is 31.2. The van der Waals surface area contributed by atoms with Crippen LogP contribution in [0.3, 0.4) is 0 Å². The topological polar surface area (TPSA) is 84.5 Å². The minimum Gasteiger partial charge on any atom is -0.481 e. The van der Waals surface area contributed by atoms with Gasteiger partial charge in [-0.2, -0.15) is 0 Å². The highest BCUT2D eigenvalue weighted by atomic mass is 16.4. The first-order valence-corrected chi connectivity index (χ1v) is 15.6. The van der Waals surface area contributed by atoms with Crippen molar-refractivity contribution in [2.75, 3.05) is 5.32 Å². The van der Waals surface area contributed by atoms with Crippen LogP contribution in [-0.4, -0.2) is 21.4 Å². The van der Waals surface area contributed by atoms with Gasteiger partial charge in [-0.1, -0.05) is 94.4 Å². The van der Waals surface area contributed by atoms with Gasteiger partial charge in [-0.05, 0) is 65.5 Å². The maximum atomic E-state index is 13.7. The lowest BCUT2D eigenvalue weighted by Crippen LogP contribution is -2.12. The van der Waals surface area contributed by atoms with Crippen molar-refractivity contribution in [2.45, 2.75) is 66.0 Å². The summed E-state index contributed by atoms with van der Waals surface area (Å²) in [6.45, 7) is 9.42. The van der Waals surface area contributed by atoms with Gasteiger partial charge in [-0.15, -0.1) is 0 Å². The van der Waals surface area contributed by atoms with Crippen LogP contribution in [-0.2, 0) is 24.2 Å². The van der Waals surface area contributed by atoms with E-state index in [-0.39, 0.29) is 24.0 Å². The summed E-state index contributed by atoms with van der Waals surface area (Å²) in [5.74, 6) is 0.895. The number of hydrogen-bond donors (Lipinski definition) is 2. The van der Waals surface area contributed by atoms with Gasteiger partial charge in [0.2, 0.25) is 5.78 Å². The smallest absolute Gasteiger partial charge is 0.303 e. The van der Waals surface area contributed by atoms with E-state index in [1.165, 1.54) is 11.1 Å². The third-order valence-corrected chi connectivity index (χ3v) is 7.85. The summed E-state index contributed by atoms with van der Waals surface area (Å²) >= 11 is 0. The summed E-state index contributed by atoms with van der Waals surface area (Å²) < 4.78 is 8.10. The number of carbonyl (C=O) groups is 2. The number of para-hydroxylation sites is 1. The molecule has 0 radical (unpaired) electrons. The number of fused-ring (bicyclic) bond motifs is 1. The van der Waals surface area contributed by atoms with Crippen LogP contribution in [0.1, 0.15) is 85.0 Å². The lowest BCUT2D eigenvalue weighted by molar-refractivity contribution is -0.137. The Morgan fingerprint density at radius 2 is 1.39 bits per heavy atom. The maximum Gasteiger partial charge on any atom is 0.303 e. The van der Waals surface area contributed by atoms with E-state index in [1.807, 2.05) is 41.1 Å². The molecule has 6 heteroatoms. The summed E-state index contributed by atoms with van der Waals surface area (Å²) in [4.78, 5) is 24.8. The van der Waals surface area contributed by atoms with E-state index < -0.39 is 5.97 Å². The Hall–Kier alpha value is -4.58. The highest BCUT2D eigenvalue weighted by Gasteiger charge is 2.22. The molecule has 0 atom stereocenters. The van der Waals surface area contributed by atoms with Gasteiger partial charge in [0, 0.05) is 36.1 Å². The number of nitrogens with one attached hydrogen (secondary N) is 1. The molecular weight excluding hydrogens is 548 g/mol. The van der Waals surface area contributed by atoms with Gasteiger partial charge in [0.1, 0.15) is 0 Å². The van der Waals surface area contributed by atoms with E-state index in [4.69, 9.17) is 9.52 Å². The monoisotopic (exact) mass is 590 g/mol. The molecule has 5 aromatic rings. The molecule has 0 aliphatic carbocycles. The minimum atomic E-state index is -0.829. The summed E-state index contributed by atoms with van der Waals surface area (Å²) in [5.41, 5.74) is 6.28. The molecule has 228 valence electrons. The Kier molecular flexibility index (Phi) is 9.69. The summed E-state index contributed by atoms with van der Waals surface area (Å²) in [6.07, 6.45) is 4.42. The zero-order valence-electron chi connectivity index (χ0n) is 26.0. The fourth-order valence-corrected chi connectivity index (χ4v) is 5.82. The van der Waals surface area contributed by atoms with Gasteiger partial charge in [0.05, 0.1) is 11.6 Å². The van der Waals surface area contributed by atoms with Crippen LogP contribution in [0.4, 0.5) is 5.88 Å². The number of aliphatic carboxylic acids is 1. The van der Waals surface area contributed by atoms with Crippen molar-refractivity contribution in [1.82, 2.24) is 4.57 Å². The van der Waals surface area contributed by atoms with Gasteiger partial charge >= 0.3 is 5.97 Å². The van der Waals surface area contributed by atoms with Crippen LogP contribution in [0.25, 0.3) is 10.9 Å². The molecule has 0 bridgehead atoms. The van der Waals surface area contributed by atoms with E-state index in [1.54, 1.807) is 6.07 Å². The minimum absolute atomic E-state index is 0.0745. The predicted octanol–water partition coefficient (Wildman–Crippen LogP) is 8.93. The number of ketones is 1. The number of anilines is 1. The van der Waals surface area contributed by atoms with Crippen molar-refractivity contribution in [3.05, 3.63) is 125 Å². The second-order valence-electron chi connectivity index (χ2n) is 12.5. The third-order valence-electron chi connectivity index (χ3n) is 7.85. The number of carboxylic acids is 1. The molecule has 0 amide bonds. The Balaban J connectivity index is 1.41. The Morgan fingerprint density at radius 1 is 0.795 bits per heavy atom. The largest absolute Gasteiger partial charge is 0.481 e. The lowest BCUT2D eigenvalue weighted by Gasteiger charge is -2.20. The molecule has 44 heavy (non-hydrogen) atoms. The number of hydrogen-bond acceptors (Lipinski definition) is 4. The van der Waals surface area contributed by atoms with Crippen LogP contribution < -0.4 is 5.32 Å². The highest BCUT2D eigenvalue weighted by molar-refractivity contribution is 6.15. The molecule has 2 N–H and O–H groups in total. The molecule has 2 aromatic heterocycles. The van der Waals surface area contributed by atoms with Crippen molar-refractivity contribution < 1.29 is 19.1 Å². The molecule has 0 fully saturated rings. The van der Waals surface area contributed by atoms with Crippen LogP contribution in [0.15, 0.2) is 95.5 Å². The van der Waals surface area contributed by atoms with Crippen LogP contribution in [0, 0.1) is 11.8 Å². The van der Waals surface area contributed by atoms with Crippen molar-refractivity contribution in [3.63, 3.8) is 0 Å². The summed E-state index contributed by atoms with van der Waals surface area (Å²) in [6, 6.07) is 28.5. The fraction of sp³-hybridized carbons (Fsp3) is 0.316. The van der Waals surface area contributed by atoms with Gasteiger partial charge < -0.3 is 19.4 Å². The van der Waals surface area contributed by atoms with E-state index >= 15 is 0 Å². The molecule has 6 nitrogen and oxygen atoms in total. The summed E-state index contributed by atoms with van der Waals surface area (Å²) in [5, 5.41) is 13.4. The molecule has 0 spiro atoms. The number of furan rings is 1. The summed E-state index contributed by atoms with van der Waals surface area (Å²) in [7, 11) is 0. The van der Waals surface area contributed by atoms with E-state index in [2.05, 4.69) is 81.5 Å². The molecule has 0 unspecified atom stereocenters. The second-order valence-corrected chi connectivity index (χ2v) is 12.5. The Labute approximate surface area is 259 Å². The fourth-order valence-electron chi connectivity index (χ4n) is 5.82. The SMILES string of the molecule is CC(C)Cc1ccc(C(Nc2ccc(C(=O)c3cn(CCCC(=O)O)c4ccccc34)o2)c2ccc(CC(C)C)cc2)cc1. The standard InChI is InChI=1S/C38H42N2O4/c1-25(2)22-27-11-15-29(16-12-27)37(30-17-13-28(14-18-30)23-26(3)4)39-35-20-19-34(44-35)38(43)32-24-40(21-7-10-36(41)42)33-9-6-5-8-31(32)33/h5-6,8-9,11-20,24-26,37,39H,7,10,21-23H2,1-4H3,(H,41,42). The molecule has 0 aliphatic rings. The number of benzene rings is 3. The number of aromatic nitrogens is 1. The van der Waals surface area contributed by atoms with E-state index in [0.717, 1.165) is 34.9 Å². The van der Waals surface area contributed by atoms with Gasteiger partial charge in [-0.3, -0.25) is 9.59 Å². The maximum absolute atomic E-state index is 13.7. The molecule has 3 aromatic carbocycles. The average Bonchev–Trinajstić information content (AvgIpc) is 3.61. The highest BCUT2D eigenvalue weighted by Crippen LogP contribution is 2.31. The number of nitrogens with zero attached hydrogens (tertiary/aromatic N) is 1. The van der Waals surface area contributed by atoms with Crippen LogP contribution >= 0.6 is 0 Å². The normalized spacial score (nSPS) is 11.6. The Bertz CT molecular complexity index is 1650. The van der Waals surface area contributed by atoms with E-state index in [0.29, 0.717) is 36.2 Å². The number of carboxylic acid groups (broad SMARTS) is 1. The quantitative estimate of drug-likeness (QED) is 0.126. The average molecular weight is 591 g/mol. The van der Waals surface area contributed by atoms with Gasteiger partial charge in [0.15, 0.2) is 11.6 Å². The lowest BCUT2D eigenvalue weighted by atomic mass is 9.94. The van der Waals surface area contributed by atoms with Crippen molar-refractivity contribution in [2.24, 2.45) is 11.8 Å². The van der Waals surface area contributed by atoms with Crippen molar-refractivity contribution in [3.8, 4) is 0 Å². The molecule has 0 saturated carbocycles. The molecule has 0 saturated heterocycles. The number of carbonyl (C=O) groups excluding carboxylic acids is 1. The number of rotatable bonds is 14. The number of aryl methyl sites for hydroxylation is 1. The molecule has 5 rings (SSSR count). The van der Waals surface area contributed by atoms with Gasteiger partial charge in [0.25, 0.3) is 0 Å². The van der Waals surface area contributed by atoms with E-state index in [9.17, 15) is 9.59 Å². The van der Waals surface area contributed by atoms with Crippen molar-refractivity contribution >= 4 is 28.5 Å². The van der Waals surface area contributed by atoms with Crippen LogP contribution in [0.5, 0.6) is 0 Å². The molecule has 2 heterocycles. The first-order chi connectivity index (χ1) is 21.2. The molecular formula is C38H42N2O4. The molecule has 0 aliphatic heterocycles.